The van der Waals surface area contributed by atoms with Crippen molar-refractivity contribution in [3.05, 3.63) is 54.1 Å². The summed E-state index contributed by atoms with van der Waals surface area (Å²) in [5.74, 6) is -0.978. The van der Waals surface area contributed by atoms with E-state index in [4.69, 9.17) is 9.84 Å². The van der Waals surface area contributed by atoms with Crippen LogP contribution in [-0.2, 0) is 31.2 Å². The Bertz CT molecular complexity index is 1520. The van der Waals surface area contributed by atoms with Crippen LogP contribution in [0.4, 0.5) is 5.69 Å². The quantitative estimate of drug-likeness (QED) is 0.160. The Morgan fingerprint density at radius 2 is 1.89 bits per heavy atom. The van der Waals surface area contributed by atoms with Crippen molar-refractivity contribution >= 4 is 36.0 Å². The van der Waals surface area contributed by atoms with E-state index in [1.165, 1.54) is 0 Å². The van der Waals surface area contributed by atoms with Crippen LogP contribution in [0.3, 0.4) is 0 Å². The molecule has 2 aliphatic rings. The van der Waals surface area contributed by atoms with Gasteiger partial charge in [-0.1, -0.05) is 47.7 Å². The Labute approximate surface area is 263 Å². The molecular formula is C32H40N6O5S. The summed E-state index contributed by atoms with van der Waals surface area (Å²) in [5.41, 5.74) is 4.97. The summed E-state index contributed by atoms with van der Waals surface area (Å²) < 4.78 is 7.66. The summed E-state index contributed by atoms with van der Waals surface area (Å²) in [6.45, 7) is 8.18. The van der Waals surface area contributed by atoms with Gasteiger partial charge in [0.25, 0.3) is 0 Å². The van der Waals surface area contributed by atoms with Gasteiger partial charge in [-0.25, -0.2) is 4.68 Å². The number of nitrogens with one attached hydrogen (secondary N) is 1. The van der Waals surface area contributed by atoms with Crippen molar-refractivity contribution in [1.82, 2.24) is 25.2 Å². The standard InChI is InChI=1S/C32H40N6O5S/c1-4-43-18-15-32(2,3)38-30-22-10-6-5-9-21(22)20-37(24-12-8-7-11-23(24)29(30)34-35-38)27(40)13-16-33-26(39)14-17-36-28(41)19-25(44)31(36)42/h5-12,25,27,40,44H,4,13-20H2,1-3H3,(H,33,39). The maximum atomic E-state index is 12.5. The molecule has 2 N–H and O–H groups in total. The molecule has 11 nitrogen and oxygen atoms in total. The third-order valence-corrected chi connectivity index (χ3v) is 8.66. The van der Waals surface area contributed by atoms with Crippen LogP contribution in [0.15, 0.2) is 48.5 Å². The monoisotopic (exact) mass is 620 g/mol. The molecule has 2 aromatic carbocycles. The smallest absolute Gasteiger partial charge is 0.242 e. The number of rotatable bonds is 12. The summed E-state index contributed by atoms with van der Waals surface area (Å²) in [4.78, 5) is 39.6. The van der Waals surface area contributed by atoms with Gasteiger partial charge in [0.2, 0.25) is 17.7 Å². The Kier molecular flexibility index (Phi) is 9.72. The zero-order chi connectivity index (χ0) is 31.4. The fraction of sp³-hybridized carbons (Fsp3) is 0.469. The van der Waals surface area contributed by atoms with Crippen molar-refractivity contribution in [3.63, 3.8) is 0 Å². The number of carbonyl (C=O) groups excluding carboxylic acids is 3. The minimum atomic E-state index is -0.921. The van der Waals surface area contributed by atoms with E-state index in [1.807, 2.05) is 52.9 Å². The van der Waals surface area contributed by atoms with Gasteiger partial charge in [-0.2, -0.15) is 12.6 Å². The van der Waals surface area contributed by atoms with Gasteiger partial charge < -0.3 is 20.1 Å². The molecule has 44 heavy (non-hydrogen) atoms. The molecule has 0 saturated carbocycles. The van der Waals surface area contributed by atoms with Crippen LogP contribution >= 0.6 is 12.6 Å². The van der Waals surface area contributed by atoms with Gasteiger partial charge in [0.15, 0.2) is 0 Å². The lowest BCUT2D eigenvalue weighted by Crippen LogP contribution is -2.39. The molecule has 2 unspecified atom stereocenters. The predicted octanol–water partition coefficient (Wildman–Crippen LogP) is 3.37. The number of aromatic nitrogens is 3. The number of hydrogen-bond donors (Lipinski definition) is 3. The molecule has 0 aliphatic carbocycles. The Hall–Kier alpha value is -3.74. The summed E-state index contributed by atoms with van der Waals surface area (Å²) in [6, 6.07) is 15.9. The minimum Gasteiger partial charge on any atom is -0.382 e. The van der Waals surface area contributed by atoms with E-state index >= 15 is 0 Å². The van der Waals surface area contributed by atoms with Gasteiger partial charge in [-0.3, -0.25) is 19.3 Å². The van der Waals surface area contributed by atoms with E-state index in [0.29, 0.717) is 19.8 Å². The Balaban J connectivity index is 1.36. The minimum absolute atomic E-state index is 0.00660. The van der Waals surface area contributed by atoms with Gasteiger partial charge in [0.05, 0.1) is 16.5 Å². The van der Waals surface area contributed by atoms with Gasteiger partial charge in [0, 0.05) is 68.9 Å². The van der Waals surface area contributed by atoms with Crippen molar-refractivity contribution in [2.24, 2.45) is 0 Å². The summed E-state index contributed by atoms with van der Waals surface area (Å²) >= 11 is 4.12. The zero-order valence-corrected chi connectivity index (χ0v) is 26.3. The first-order chi connectivity index (χ1) is 21.1. The number of thiol groups is 1. The largest absolute Gasteiger partial charge is 0.382 e. The van der Waals surface area contributed by atoms with Crippen molar-refractivity contribution in [1.29, 1.82) is 0 Å². The molecule has 3 aromatic rings. The number of anilines is 1. The number of amides is 3. The molecule has 5 rings (SSSR count). The number of ether oxygens (including phenoxy) is 1. The molecular weight excluding hydrogens is 580 g/mol. The number of likely N-dealkylation sites (tertiary alicyclic amines) is 1. The molecule has 2 atom stereocenters. The first-order valence-corrected chi connectivity index (χ1v) is 15.6. The average molecular weight is 621 g/mol. The lowest BCUT2D eigenvalue weighted by Gasteiger charge is -2.34. The number of para-hydroxylation sites is 1. The average Bonchev–Trinajstić information content (AvgIpc) is 3.54. The Morgan fingerprint density at radius 3 is 2.61 bits per heavy atom. The highest BCUT2D eigenvalue weighted by atomic mass is 32.1. The van der Waals surface area contributed by atoms with Gasteiger partial charge in [-0.05, 0) is 38.8 Å². The molecule has 1 aromatic heterocycles. The summed E-state index contributed by atoms with van der Waals surface area (Å²) in [7, 11) is 0. The van der Waals surface area contributed by atoms with Crippen LogP contribution in [0.1, 0.15) is 52.0 Å². The molecule has 3 heterocycles. The number of imide groups is 1. The zero-order valence-electron chi connectivity index (χ0n) is 25.4. The third-order valence-electron chi connectivity index (χ3n) is 8.25. The number of aliphatic hydroxyl groups is 1. The second-order valence-electron chi connectivity index (χ2n) is 11.7. The fourth-order valence-corrected chi connectivity index (χ4v) is 6.04. The highest BCUT2D eigenvalue weighted by Crippen LogP contribution is 2.43. The van der Waals surface area contributed by atoms with E-state index in [-0.39, 0.29) is 55.6 Å². The highest BCUT2D eigenvalue weighted by molar-refractivity contribution is 7.81. The van der Waals surface area contributed by atoms with Gasteiger partial charge >= 0.3 is 0 Å². The topological polar surface area (TPSA) is 130 Å². The maximum Gasteiger partial charge on any atom is 0.242 e. The van der Waals surface area contributed by atoms with Crippen LogP contribution in [0.2, 0.25) is 0 Å². The third kappa shape index (κ3) is 6.52. The number of fused-ring (bicyclic) bond motifs is 5. The second kappa shape index (κ2) is 13.5. The van der Waals surface area contributed by atoms with Crippen molar-refractivity contribution in [3.8, 4) is 22.5 Å². The molecule has 234 valence electrons. The highest BCUT2D eigenvalue weighted by Gasteiger charge is 2.36. The number of nitrogens with zero attached hydrogens (tertiary/aromatic N) is 5. The van der Waals surface area contributed by atoms with Crippen LogP contribution in [0.5, 0.6) is 0 Å². The molecule has 1 saturated heterocycles. The van der Waals surface area contributed by atoms with E-state index in [1.54, 1.807) is 0 Å². The number of hydrogen-bond acceptors (Lipinski definition) is 9. The SMILES string of the molecule is CCOCCC(C)(C)n1nnc2c1-c1ccccc1CN(C(O)CCNC(=O)CCN1C(=O)CC(S)C1=O)c1ccccc1-2. The van der Waals surface area contributed by atoms with Gasteiger partial charge in [0.1, 0.15) is 11.9 Å². The van der Waals surface area contributed by atoms with Crippen LogP contribution in [0.25, 0.3) is 22.5 Å². The fourth-order valence-electron chi connectivity index (χ4n) is 5.75. The molecule has 0 bridgehead atoms. The molecule has 2 aliphatic heterocycles. The van der Waals surface area contributed by atoms with E-state index < -0.39 is 11.5 Å². The van der Waals surface area contributed by atoms with E-state index in [2.05, 4.69) is 49.1 Å². The van der Waals surface area contributed by atoms with Crippen LogP contribution in [0, 0.1) is 0 Å². The predicted molar refractivity (Wildman–Crippen MR) is 170 cm³/mol. The van der Waals surface area contributed by atoms with Crippen LogP contribution in [-0.4, -0.2) is 80.5 Å². The molecule has 0 spiro atoms. The van der Waals surface area contributed by atoms with E-state index in [0.717, 1.165) is 45.1 Å². The van der Waals surface area contributed by atoms with Crippen molar-refractivity contribution in [2.45, 2.75) is 70.0 Å². The van der Waals surface area contributed by atoms with Gasteiger partial charge in [-0.15, -0.1) is 5.10 Å². The normalized spacial score (nSPS) is 17.1. The number of carbonyl (C=O) groups is 3. The first kappa shape index (κ1) is 31.7. The van der Waals surface area contributed by atoms with Crippen molar-refractivity contribution in [2.75, 3.05) is 31.2 Å². The molecule has 0 radical (unpaired) electrons. The summed E-state index contributed by atoms with van der Waals surface area (Å²) in [5, 5.41) is 23.0. The molecule has 1 fully saturated rings. The first-order valence-electron chi connectivity index (χ1n) is 15.1. The number of benzene rings is 2. The molecule has 12 heteroatoms. The van der Waals surface area contributed by atoms with Crippen molar-refractivity contribution < 1.29 is 24.2 Å². The second-order valence-corrected chi connectivity index (χ2v) is 12.4. The number of aliphatic hydroxyl groups excluding tert-OH is 1. The Morgan fingerprint density at radius 1 is 1.16 bits per heavy atom. The lowest BCUT2D eigenvalue weighted by atomic mass is 9.93. The van der Waals surface area contributed by atoms with Crippen LogP contribution < -0.4 is 10.2 Å². The maximum absolute atomic E-state index is 12.5. The van der Waals surface area contributed by atoms with E-state index in [9.17, 15) is 19.5 Å². The summed E-state index contributed by atoms with van der Waals surface area (Å²) in [6.07, 6.45) is 0.145. The molecule has 3 amide bonds. The lowest BCUT2D eigenvalue weighted by molar-refractivity contribution is -0.138.